The Balaban J connectivity index is 1.47. The Kier molecular flexibility index (Phi) is 6.08. The summed E-state index contributed by atoms with van der Waals surface area (Å²) in [6.07, 6.45) is -2.17. The van der Waals surface area contributed by atoms with Gasteiger partial charge in [-0.1, -0.05) is 60.7 Å². The van der Waals surface area contributed by atoms with E-state index < -0.39 is 36.5 Å². The van der Waals surface area contributed by atoms with Crippen molar-refractivity contribution in [3.63, 3.8) is 0 Å². The summed E-state index contributed by atoms with van der Waals surface area (Å²) in [5.41, 5.74) is 2.01. The van der Waals surface area contributed by atoms with E-state index in [1.165, 1.54) is 0 Å². The molecule has 0 unspecified atom stereocenters. The summed E-state index contributed by atoms with van der Waals surface area (Å²) >= 11 is 0. The Morgan fingerprint density at radius 1 is 0.966 bits per heavy atom. The summed E-state index contributed by atoms with van der Waals surface area (Å²) in [4.78, 5) is 11.8. The van der Waals surface area contributed by atoms with Gasteiger partial charge in [0.25, 0.3) is 0 Å². The van der Waals surface area contributed by atoms with Crippen LogP contribution in [-0.2, 0) is 41.7 Å². The molecule has 6 nitrogen and oxygen atoms in total. The van der Waals surface area contributed by atoms with E-state index in [0.29, 0.717) is 13.2 Å². The fourth-order valence-corrected chi connectivity index (χ4v) is 3.70. The number of hydrogen-bond donors (Lipinski definition) is 0. The van der Waals surface area contributed by atoms with Crippen molar-refractivity contribution in [3.05, 3.63) is 71.8 Å². The zero-order valence-electron chi connectivity index (χ0n) is 16.6. The van der Waals surface area contributed by atoms with Crippen LogP contribution in [0.1, 0.15) is 25.0 Å². The Bertz CT molecular complexity index is 794. The van der Waals surface area contributed by atoms with Crippen LogP contribution >= 0.6 is 0 Å². The first-order chi connectivity index (χ1) is 14.1. The average Bonchev–Trinajstić information content (AvgIpc) is 3.20. The molecule has 0 radical (unpaired) electrons. The van der Waals surface area contributed by atoms with Gasteiger partial charge < -0.3 is 28.5 Å². The lowest BCUT2D eigenvalue weighted by Gasteiger charge is -2.28. The van der Waals surface area contributed by atoms with E-state index in [0.717, 1.165) is 17.4 Å². The molecule has 2 aliphatic heterocycles. The Morgan fingerprint density at radius 2 is 1.59 bits per heavy atom. The van der Waals surface area contributed by atoms with Gasteiger partial charge in [0.05, 0.1) is 13.2 Å². The lowest BCUT2D eigenvalue weighted by molar-refractivity contribution is -0.231. The number of hydrogen-bond acceptors (Lipinski definition) is 6. The van der Waals surface area contributed by atoms with Gasteiger partial charge in [-0.15, -0.1) is 0 Å². The minimum absolute atomic E-state index is 0.304. The first-order valence-electron chi connectivity index (χ1n) is 9.83. The predicted octanol–water partition coefficient (Wildman–Crippen LogP) is 3.23. The van der Waals surface area contributed by atoms with Crippen molar-refractivity contribution < 1.29 is 28.5 Å². The highest BCUT2D eigenvalue weighted by Crippen LogP contribution is 2.40. The van der Waals surface area contributed by atoms with E-state index in [1.54, 1.807) is 0 Å². The Hall–Kier alpha value is -2.09. The number of benzene rings is 2. The number of carbonyl (C=O) groups excluding carboxylic acids is 1. The van der Waals surface area contributed by atoms with Crippen LogP contribution in [0.25, 0.3) is 0 Å². The van der Waals surface area contributed by atoms with Gasteiger partial charge in [-0.05, 0) is 25.0 Å². The molecule has 4 rings (SSSR count). The summed E-state index contributed by atoms with van der Waals surface area (Å²) in [5, 5.41) is 0. The quantitative estimate of drug-likeness (QED) is 0.636. The van der Waals surface area contributed by atoms with Crippen molar-refractivity contribution in [2.24, 2.45) is 0 Å². The fraction of sp³-hybridized carbons (Fsp3) is 0.435. The minimum atomic E-state index is -0.795. The average molecular weight is 398 g/mol. The summed E-state index contributed by atoms with van der Waals surface area (Å²) < 4.78 is 30.0. The van der Waals surface area contributed by atoms with Gasteiger partial charge in [-0.25, -0.2) is 0 Å². The topological polar surface area (TPSA) is 63.2 Å². The van der Waals surface area contributed by atoms with Crippen molar-refractivity contribution in [2.45, 2.75) is 63.6 Å². The SMILES string of the molecule is CC1(C)O[C@H]2O[C@H]([C@@H](C=O)OCc3ccccc3)[C@H](OCc3ccccc3)[C@H]2O1. The largest absolute Gasteiger partial charge is 0.368 e. The smallest absolute Gasteiger partial charge is 0.190 e. The minimum Gasteiger partial charge on any atom is -0.368 e. The zero-order chi connectivity index (χ0) is 20.3. The van der Waals surface area contributed by atoms with Gasteiger partial charge in [0.15, 0.2) is 18.4 Å². The fourth-order valence-electron chi connectivity index (χ4n) is 3.70. The number of rotatable bonds is 8. The molecular weight excluding hydrogens is 372 g/mol. The molecule has 0 aliphatic carbocycles. The zero-order valence-corrected chi connectivity index (χ0v) is 16.6. The number of fused-ring (bicyclic) bond motifs is 1. The van der Waals surface area contributed by atoms with E-state index in [1.807, 2.05) is 74.5 Å². The van der Waals surface area contributed by atoms with Gasteiger partial charge >= 0.3 is 0 Å². The van der Waals surface area contributed by atoms with Gasteiger partial charge in [0, 0.05) is 0 Å². The highest BCUT2D eigenvalue weighted by molar-refractivity contribution is 5.57. The highest BCUT2D eigenvalue weighted by atomic mass is 16.8. The predicted molar refractivity (Wildman–Crippen MR) is 105 cm³/mol. The first-order valence-corrected chi connectivity index (χ1v) is 9.83. The summed E-state index contributed by atoms with van der Waals surface area (Å²) in [5.74, 6) is -0.768. The van der Waals surface area contributed by atoms with Gasteiger partial charge in [-0.3, -0.25) is 0 Å². The molecule has 6 heteroatoms. The number of ether oxygens (including phenoxy) is 5. The van der Waals surface area contributed by atoms with Crippen LogP contribution in [0.15, 0.2) is 60.7 Å². The molecule has 0 amide bonds. The van der Waals surface area contributed by atoms with Crippen molar-refractivity contribution in [1.82, 2.24) is 0 Å². The first kappa shape index (κ1) is 20.2. The van der Waals surface area contributed by atoms with E-state index in [4.69, 9.17) is 23.7 Å². The van der Waals surface area contributed by atoms with E-state index in [9.17, 15) is 4.79 Å². The third-order valence-electron chi connectivity index (χ3n) is 5.06. The second-order valence-corrected chi connectivity index (χ2v) is 7.73. The molecule has 0 bridgehead atoms. The summed E-state index contributed by atoms with van der Waals surface area (Å²) in [6.45, 7) is 4.35. The van der Waals surface area contributed by atoms with E-state index in [2.05, 4.69) is 0 Å². The van der Waals surface area contributed by atoms with Crippen molar-refractivity contribution in [1.29, 1.82) is 0 Å². The lowest BCUT2D eigenvalue weighted by atomic mass is 10.1. The monoisotopic (exact) mass is 398 g/mol. The van der Waals surface area contributed by atoms with Crippen LogP contribution in [0, 0.1) is 0 Å². The molecule has 0 spiro atoms. The molecule has 2 fully saturated rings. The highest BCUT2D eigenvalue weighted by Gasteiger charge is 2.57. The molecule has 2 saturated heterocycles. The normalized spacial score (nSPS) is 28.8. The third-order valence-corrected chi connectivity index (χ3v) is 5.06. The van der Waals surface area contributed by atoms with Crippen LogP contribution in [0.2, 0.25) is 0 Å². The summed E-state index contributed by atoms with van der Waals surface area (Å²) in [7, 11) is 0. The molecular formula is C23H26O6. The molecule has 29 heavy (non-hydrogen) atoms. The lowest BCUT2D eigenvalue weighted by Crippen LogP contribution is -2.44. The standard InChI is InChI=1S/C23H26O6/c1-23(2)28-21-20(26-15-17-11-7-4-8-12-17)19(27-22(21)29-23)18(13-24)25-14-16-9-5-3-6-10-16/h3-13,18-22H,14-15H2,1-2H3/t18-,19-,20+,21-,22-/m1/s1. The molecule has 2 aliphatic rings. The van der Waals surface area contributed by atoms with Gasteiger partial charge in [0.2, 0.25) is 0 Å². The summed E-state index contributed by atoms with van der Waals surface area (Å²) in [6, 6.07) is 19.5. The van der Waals surface area contributed by atoms with Crippen LogP contribution in [-0.4, -0.2) is 42.8 Å². The molecule has 154 valence electrons. The second-order valence-electron chi connectivity index (χ2n) is 7.73. The molecule has 2 aromatic rings. The van der Waals surface area contributed by atoms with Gasteiger partial charge in [0.1, 0.15) is 24.4 Å². The second kappa shape index (κ2) is 8.73. The maximum absolute atomic E-state index is 11.8. The molecule has 0 saturated carbocycles. The molecule has 0 aromatic heterocycles. The van der Waals surface area contributed by atoms with Crippen LogP contribution in [0.4, 0.5) is 0 Å². The van der Waals surface area contributed by atoms with E-state index >= 15 is 0 Å². The Labute approximate surface area is 170 Å². The van der Waals surface area contributed by atoms with Crippen molar-refractivity contribution in [3.8, 4) is 0 Å². The molecule has 2 heterocycles. The Morgan fingerprint density at radius 3 is 2.21 bits per heavy atom. The maximum Gasteiger partial charge on any atom is 0.190 e. The van der Waals surface area contributed by atoms with Gasteiger partial charge in [-0.2, -0.15) is 0 Å². The molecule has 0 N–H and O–H groups in total. The van der Waals surface area contributed by atoms with Crippen molar-refractivity contribution in [2.75, 3.05) is 0 Å². The molecule has 2 aromatic carbocycles. The maximum atomic E-state index is 11.8. The van der Waals surface area contributed by atoms with Crippen molar-refractivity contribution >= 4 is 6.29 Å². The van der Waals surface area contributed by atoms with Crippen LogP contribution < -0.4 is 0 Å². The number of aldehydes is 1. The number of carbonyl (C=O) groups is 1. The van der Waals surface area contributed by atoms with Crippen LogP contribution in [0.5, 0.6) is 0 Å². The molecule has 5 atom stereocenters. The van der Waals surface area contributed by atoms with Crippen LogP contribution in [0.3, 0.4) is 0 Å². The third kappa shape index (κ3) is 4.74. The van der Waals surface area contributed by atoms with E-state index in [-0.39, 0.29) is 0 Å².